The Balaban J connectivity index is 1.97. The second kappa shape index (κ2) is 5.55. The summed E-state index contributed by atoms with van der Waals surface area (Å²) in [4.78, 5) is 11.6. The van der Waals surface area contributed by atoms with Gasteiger partial charge in [0.05, 0.1) is 11.6 Å². The van der Waals surface area contributed by atoms with Crippen molar-refractivity contribution < 1.29 is 22.7 Å². The Morgan fingerprint density at radius 3 is 2.50 bits per heavy atom. The van der Waals surface area contributed by atoms with Crippen LogP contribution in [0.3, 0.4) is 0 Å². The van der Waals surface area contributed by atoms with E-state index >= 15 is 0 Å². The maximum atomic E-state index is 12.4. The molecule has 1 aromatic carbocycles. The maximum Gasteiger partial charge on any atom is 0.405 e. The van der Waals surface area contributed by atoms with E-state index < -0.39 is 24.2 Å². The van der Waals surface area contributed by atoms with Gasteiger partial charge in [0.25, 0.3) is 0 Å². The average Bonchev–Trinajstić information content (AvgIpc) is 3.19. The minimum absolute atomic E-state index is 0.00257. The lowest BCUT2D eigenvalue weighted by molar-refractivity contribution is -0.130. The van der Waals surface area contributed by atoms with Crippen LogP contribution in [0.5, 0.6) is 0 Å². The van der Waals surface area contributed by atoms with Gasteiger partial charge in [-0.3, -0.25) is 5.32 Å². The Morgan fingerprint density at radius 2 is 2.00 bits per heavy atom. The standard InChI is InChI=1S/C14H12F3NO2/c1-2-3-8-20-13(19)10-6-4-9(5-7-10)11-12(18-11)14(15,16)17/h4-7,11-12,18H,8H2,1H3/t11-,12-/m0/s1. The Bertz CT molecular complexity index is 555. The number of carbonyl (C=O) groups excluding carboxylic acids is 1. The molecule has 3 nitrogen and oxygen atoms in total. The van der Waals surface area contributed by atoms with Crippen molar-refractivity contribution in [2.75, 3.05) is 6.61 Å². The molecule has 0 aromatic heterocycles. The minimum atomic E-state index is -4.25. The third-order valence-electron chi connectivity index (χ3n) is 2.89. The molecule has 0 spiro atoms. The molecule has 1 saturated heterocycles. The first-order valence-electron chi connectivity index (χ1n) is 5.93. The van der Waals surface area contributed by atoms with Gasteiger partial charge in [0.15, 0.2) is 6.61 Å². The fraction of sp³-hybridized carbons (Fsp3) is 0.357. The predicted molar refractivity (Wildman–Crippen MR) is 65.9 cm³/mol. The first-order valence-corrected chi connectivity index (χ1v) is 5.93. The summed E-state index contributed by atoms with van der Waals surface area (Å²) >= 11 is 0. The van der Waals surface area contributed by atoms with Crippen LogP contribution in [0.4, 0.5) is 13.2 Å². The minimum Gasteiger partial charge on any atom is -0.449 e. The molecule has 0 amide bonds. The van der Waals surface area contributed by atoms with Crippen LogP contribution < -0.4 is 5.32 Å². The van der Waals surface area contributed by atoms with Gasteiger partial charge in [0.1, 0.15) is 6.04 Å². The molecule has 20 heavy (non-hydrogen) atoms. The molecule has 0 saturated carbocycles. The molecule has 2 rings (SSSR count). The molecule has 0 aliphatic carbocycles. The first kappa shape index (κ1) is 14.4. The zero-order valence-electron chi connectivity index (χ0n) is 10.6. The van der Waals surface area contributed by atoms with Gasteiger partial charge in [-0.15, -0.1) is 5.92 Å². The number of benzene rings is 1. The lowest BCUT2D eigenvalue weighted by Gasteiger charge is -2.04. The maximum absolute atomic E-state index is 12.4. The van der Waals surface area contributed by atoms with Gasteiger partial charge >= 0.3 is 12.1 Å². The number of rotatable bonds is 3. The van der Waals surface area contributed by atoms with Crippen molar-refractivity contribution in [1.82, 2.24) is 5.32 Å². The zero-order chi connectivity index (χ0) is 14.8. The molecular weight excluding hydrogens is 271 g/mol. The molecule has 1 N–H and O–H groups in total. The summed E-state index contributed by atoms with van der Waals surface area (Å²) in [6, 6.07) is 3.65. The molecule has 1 fully saturated rings. The molecule has 0 radical (unpaired) electrons. The number of carbonyl (C=O) groups is 1. The third-order valence-corrected chi connectivity index (χ3v) is 2.89. The topological polar surface area (TPSA) is 48.2 Å². The van der Waals surface area contributed by atoms with Gasteiger partial charge in [-0.2, -0.15) is 13.2 Å². The Kier molecular flexibility index (Phi) is 4.00. The summed E-state index contributed by atoms with van der Waals surface area (Å²) in [5.74, 6) is 4.62. The molecule has 1 aromatic rings. The smallest absolute Gasteiger partial charge is 0.405 e. The van der Waals surface area contributed by atoms with E-state index in [1.54, 1.807) is 6.92 Å². The zero-order valence-corrected chi connectivity index (χ0v) is 10.6. The van der Waals surface area contributed by atoms with Gasteiger partial charge in [0.2, 0.25) is 0 Å². The van der Waals surface area contributed by atoms with E-state index in [0.717, 1.165) is 0 Å². The van der Waals surface area contributed by atoms with E-state index in [9.17, 15) is 18.0 Å². The van der Waals surface area contributed by atoms with Gasteiger partial charge in [-0.1, -0.05) is 18.1 Å². The van der Waals surface area contributed by atoms with Gasteiger partial charge < -0.3 is 4.74 Å². The molecular formula is C14H12F3NO2. The summed E-state index contributed by atoms with van der Waals surface area (Å²) in [6.45, 7) is 1.62. The van der Waals surface area contributed by atoms with Crippen molar-refractivity contribution in [3.8, 4) is 11.8 Å². The van der Waals surface area contributed by atoms with Crippen LogP contribution in [0.25, 0.3) is 0 Å². The van der Waals surface area contributed by atoms with Crippen LogP contribution >= 0.6 is 0 Å². The quantitative estimate of drug-likeness (QED) is 0.526. The van der Waals surface area contributed by atoms with Crippen molar-refractivity contribution >= 4 is 5.97 Å². The molecule has 6 heteroatoms. The number of hydrogen-bond donors (Lipinski definition) is 1. The summed E-state index contributed by atoms with van der Waals surface area (Å²) < 4.78 is 42.1. The molecule has 0 unspecified atom stereocenters. The number of esters is 1. The van der Waals surface area contributed by atoms with E-state index in [0.29, 0.717) is 5.56 Å². The largest absolute Gasteiger partial charge is 0.449 e. The average molecular weight is 283 g/mol. The van der Waals surface area contributed by atoms with Gasteiger partial charge in [-0.25, -0.2) is 4.79 Å². The van der Waals surface area contributed by atoms with Crippen LogP contribution in [0.15, 0.2) is 24.3 Å². The van der Waals surface area contributed by atoms with Crippen LogP contribution in [0.1, 0.15) is 28.9 Å². The second-order valence-corrected chi connectivity index (χ2v) is 4.29. The summed E-state index contributed by atoms with van der Waals surface area (Å²) in [5.41, 5.74) is 0.785. The summed E-state index contributed by atoms with van der Waals surface area (Å²) in [5, 5.41) is 2.36. The number of hydrogen-bond acceptors (Lipinski definition) is 3. The van der Waals surface area contributed by atoms with E-state index in [-0.39, 0.29) is 12.2 Å². The highest BCUT2D eigenvalue weighted by Crippen LogP contribution is 2.40. The normalized spacial score (nSPS) is 20.8. The number of alkyl halides is 3. The monoisotopic (exact) mass is 283 g/mol. The SMILES string of the molecule is CC#CCOC(=O)c1ccc([C@@H]2N[C@@H]2C(F)(F)F)cc1. The van der Waals surface area contributed by atoms with Crippen LogP contribution in [0, 0.1) is 11.8 Å². The highest BCUT2D eigenvalue weighted by Gasteiger charge is 2.55. The van der Waals surface area contributed by atoms with E-state index in [2.05, 4.69) is 17.2 Å². The van der Waals surface area contributed by atoms with Crippen molar-refractivity contribution in [1.29, 1.82) is 0 Å². The van der Waals surface area contributed by atoms with Gasteiger partial charge in [0, 0.05) is 0 Å². The highest BCUT2D eigenvalue weighted by molar-refractivity contribution is 5.89. The highest BCUT2D eigenvalue weighted by atomic mass is 19.4. The van der Waals surface area contributed by atoms with Gasteiger partial charge in [-0.05, 0) is 24.6 Å². The first-order chi connectivity index (χ1) is 9.43. The number of ether oxygens (including phenoxy) is 1. The molecule has 2 atom stereocenters. The molecule has 0 bridgehead atoms. The molecule has 1 heterocycles. The fourth-order valence-electron chi connectivity index (χ4n) is 1.79. The van der Waals surface area contributed by atoms with Crippen molar-refractivity contribution in [2.24, 2.45) is 0 Å². The van der Waals surface area contributed by atoms with E-state index in [1.807, 2.05) is 0 Å². The van der Waals surface area contributed by atoms with Crippen molar-refractivity contribution in [3.63, 3.8) is 0 Å². The molecule has 1 aliphatic rings. The van der Waals surface area contributed by atoms with Crippen molar-refractivity contribution in [3.05, 3.63) is 35.4 Å². The Morgan fingerprint density at radius 1 is 1.35 bits per heavy atom. The molecule has 106 valence electrons. The van der Waals surface area contributed by atoms with Crippen LogP contribution in [0.2, 0.25) is 0 Å². The fourth-order valence-corrected chi connectivity index (χ4v) is 1.79. The van der Waals surface area contributed by atoms with Crippen LogP contribution in [-0.4, -0.2) is 24.8 Å². The third kappa shape index (κ3) is 3.31. The lowest BCUT2D eigenvalue weighted by Crippen LogP contribution is -2.19. The van der Waals surface area contributed by atoms with Crippen LogP contribution in [-0.2, 0) is 4.74 Å². The Labute approximate surface area is 114 Å². The number of halogens is 3. The van der Waals surface area contributed by atoms with E-state index in [1.165, 1.54) is 24.3 Å². The van der Waals surface area contributed by atoms with Crippen molar-refractivity contribution in [2.45, 2.75) is 25.2 Å². The van der Waals surface area contributed by atoms with E-state index in [4.69, 9.17) is 4.74 Å². The predicted octanol–water partition coefficient (Wildman–Crippen LogP) is 2.44. The lowest BCUT2D eigenvalue weighted by atomic mass is 10.1. The molecule has 1 aliphatic heterocycles. The number of nitrogens with one attached hydrogen (secondary N) is 1. The summed E-state index contributed by atoms with van der Waals surface area (Å²) in [7, 11) is 0. The Hall–Kier alpha value is -2.00. The summed E-state index contributed by atoms with van der Waals surface area (Å²) in [6.07, 6.45) is -4.25. The second-order valence-electron chi connectivity index (χ2n) is 4.29.